The molecule has 1 aliphatic rings. The average Bonchev–Trinajstić information content (AvgIpc) is 2.45. The Bertz CT molecular complexity index is 453. The van der Waals surface area contributed by atoms with Crippen molar-refractivity contribution in [3.63, 3.8) is 0 Å². The van der Waals surface area contributed by atoms with E-state index in [0.29, 0.717) is 25.2 Å². The summed E-state index contributed by atoms with van der Waals surface area (Å²) in [5.74, 6) is -0.356. The Kier molecular flexibility index (Phi) is 5.47. The number of aromatic nitrogens is 1. The third-order valence-corrected chi connectivity index (χ3v) is 3.74. The number of ether oxygens (including phenoxy) is 1. The number of halogens is 1. The van der Waals surface area contributed by atoms with Crippen molar-refractivity contribution < 1.29 is 13.9 Å². The van der Waals surface area contributed by atoms with Crippen LogP contribution >= 0.6 is 0 Å². The molecular weight excluding hydrogens is 259 g/mol. The average molecular weight is 280 g/mol. The van der Waals surface area contributed by atoms with Crippen LogP contribution in [0.3, 0.4) is 0 Å². The molecule has 2 atom stereocenters. The van der Waals surface area contributed by atoms with Crippen LogP contribution in [0.5, 0.6) is 0 Å². The van der Waals surface area contributed by atoms with Crippen LogP contribution in [-0.2, 0) is 4.74 Å². The number of hydrogen-bond donors (Lipinski definition) is 1. The Morgan fingerprint density at radius 2 is 2.30 bits per heavy atom. The fraction of sp³-hybridized carbons (Fsp3) is 0.600. The van der Waals surface area contributed by atoms with Crippen molar-refractivity contribution in [2.24, 2.45) is 5.92 Å². The number of nitrogens with one attached hydrogen (secondary N) is 1. The van der Waals surface area contributed by atoms with Crippen LogP contribution < -0.4 is 5.32 Å². The first-order valence-electron chi connectivity index (χ1n) is 7.18. The van der Waals surface area contributed by atoms with Crippen LogP contribution in [0.1, 0.15) is 43.0 Å². The first-order valence-corrected chi connectivity index (χ1v) is 7.18. The Balaban J connectivity index is 1.69. The molecule has 1 fully saturated rings. The maximum Gasteiger partial charge on any atom is 0.251 e. The highest BCUT2D eigenvalue weighted by molar-refractivity contribution is 5.93. The summed E-state index contributed by atoms with van der Waals surface area (Å²) >= 11 is 0. The van der Waals surface area contributed by atoms with E-state index >= 15 is 0 Å². The van der Waals surface area contributed by atoms with Crippen LogP contribution in [0.4, 0.5) is 4.39 Å². The zero-order valence-corrected chi connectivity index (χ0v) is 11.8. The Hall–Kier alpha value is -1.49. The third-order valence-electron chi connectivity index (χ3n) is 3.74. The van der Waals surface area contributed by atoms with Gasteiger partial charge in [0.15, 0.2) is 0 Å². The predicted octanol–water partition coefficient (Wildman–Crippen LogP) is 2.55. The minimum atomic E-state index is -0.648. The molecule has 1 saturated carbocycles. The van der Waals surface area contributed by atoms with E-state index in [1.807, 2.05) is 0 Å². The standard InChI is InChI=1S/C15H21FN2O2/c1-11-4-2-3-5-13(11)20-9-8-18-15(19)12-6-7-17-14(16)10-12/h6-7,10-11,13H,2-5,8-9H2,1H3,(H,18,19)/t11-,13+/m1/s1. The monoisotopic (exact) mass is 280 g/mol. The number of carbonyl (C=O) groups excluding carboxylic acids is 1. The maximum absolute atomic E-state index is 12.9. The van der Waals surface area contributed by atoms with E-state index in [2.05, 4.69) is 17.2 Å². The fourth-order valence-electron chi connectivity index (χ4n) is 2.55. The predicted molar refractivity (Wildman–Crippen MR) is 73.9 cm³/mol. The van der Waals surface area contributed by atoms with Gasteiger partial charge in [-0.3, -0.25) is 4.79 Å². The normalized spacial score (nSPS) is 22.5. The first-order chi connectivity index (χ1) is 9.66. The van der Waals surface area contributed by atoms with Crippen molar-refractivity contribution >= 4 is 5.91 Å². The van der Waals surface area contributed by atoms with Gasteiger partial charge in [-0.05, 0) is 24.8 Å². The molecule has 1 N–H and O–H groups in total. The van der Waals surface area contributed by atoms with Gasteiger partial charge in [0.2, 0.25) is 5.95 Å². The van der Waals surface area contributed by atoms with E-state index in [1.54, 1.807) is 0 Å². The second-order valence-corrected chi connectivity index (χ2v) is 5.29. The van der Waals surface area contributed by atoms with Crippen molar-refractivity contribution in [3.05, 3.63) is 29.8 Å². The number of carbonyl (C=O) groups is 1. The second kappa shape index (κ2) is 7.33. The summed E-state index contributed by atoms with van der Waals surface area (Å²) in [5.41, 5.74) is 0.281. The quantitative estimate of drug-likeness (QED) is 0.666. The number of rotatable bonds is 5. The molecule has 1 aliphatic carbocycles. The molecule has 0 unspecified atom stereocenters. The molecule has 0 spiro atoms. The van der Waals surface area contributed by atoms with E-state index in [0.717, 1.165) is 12.5 Å². The molecule has 1 aromatic heterocycles. The Morgan fingerprint density at radius 1 is 1.50 bits per heavy atom. The molecule has 0 aliphatic heterocycles. The SMILES string of the molecule is C[C@@H]1CCCC[C@@H]1OCCNC(=O)c1ccnc(F)c1. The van der Waals surface area contributed by atoms with Gasteiger partial charge in [-0.1, -0.05) is 19.8 Å². The van der Waals surface area contributed by atoms with Gasteiger partial charge in [-0.25, -0.2) is 4.98 Å². The summed E-state index contributed by atoms with van der Waals surface area (Å²) < 4.78 is 18.7. The number of hydrogen-bond acceptors (Lipinski definition) is 3. The van der Waals surface area contributed by atoms with Crippen molar-refractivity contribution in [1.29, 1.82) is 0 Å². The van der Waals surface area contributed by atoms with E-state index in [-0.39, 0.29) is 11.5 Å². The molecule has 0 bridgehead atoms. The maximum atomic E-state index is 12.9. The lowest BCUT2D eigenvalue weighted by Crippen LogP contribution is -2.31. The van der Waals surface area contributed by atoms with Gasteiger partial charge in [-0.15, -0.1) is 0 Å². The minimum absolute atomic E-state index is 0.281. The molecule has 110 valence electrons. The van der Waals surface area contributed by atoms with E-state index in [9.17, 15) is 9.18 Å². The van der Waals surface area contributed by atoms with E-state index < -0.39 is 5.95 Å². The van der Waals surface area contributed by atoms with Crippen LogP contribution in [0, 0.1) is 11.9 Å². The molecular formula is C15H21FN2O2. The Morgan fingerprint density at radius 3 is 3.05 bits per heavy atom. The summed E-state index contributed by atoms with van der Waals surface area (Å²) in [6.45, 7) is 3.14. The zero-order chi connectivity index (χ0) is 14.4. The van der Waals surface area contributed by atoms with Crippen LogP contribution in [0.15, 0.2) is 18.3 Å². The lowest BCUT2D eigenvalue weighted by atomic mass is 9.88. The largest absolute Gasteiger partial charge is 0.376 e. The molecule has 0 aromatic carbocycles. The molecule has 20 heavy (non-hydrogen) atoms. The van der Waals surface area contributed by atoms with Crippen LogP contribution in [0.25, 0.3) is 0 Å². The van der Waals surface area contributed by atoms with Crippen LogP contribution in [-0.4, -0.2) is 30.1 Å². The first kappa shape index (κ1) is 14.9. The highest BCUT2D eigenvalue weighted by atomic mass is 19.1. The van der Waals surface area contributed by atoms with Gasteiger partial charge in [0, 0.05) is 24.4 Å². The van der Waals surface area contributed by atoms with Gasteiger partial charge in [0.1, 0.15) is 0 Å². The van der Waals surface area contributed by atoms with E-state index in [1.165, 1.54) is 31.5 Å². The van der Waals surface area contributed by atoms with Gasteiger partial charge in [0.05, 0.1) is 12.7 Å². The van der Waals surface area contributed by atoms with Crippen molar-refractivity contribution in [3.8, 4) is 0 Å². The van der Waals surface area contributed by atoms with E-state index in [4.69, 9.17) is 4.74 Å². The molecule has 5 heteroatoms. The molecule has 1 amide bonds. The smallest absolute Gasteiger partial charge is 0.251 e. The van der Waals surface area contributed by atoms with Crippen molar-refractivity contribution in [2.75, 3.05) is 13.2 Å². The Labute approximate surface area is 118 Å². The zero-order valence-electron chi connectivity index (χ0n) is 11.8. The highest BCUT2D eigenvalue weighted by Gasteiger charge is 2.21. The summed E-state index contributed by atoms with van der Waals surface area (Å²) in [5, 5.41) is 2.72. The molecule has 0 radical (unpaired) electrons. The minimum Gasteiger partial charge on any atom is -0.376 e. The molecule has 1 aromatic rings. The summed E-state index contributed by atoms with van der Waals surface area (Å²) in [7, 11) is 0. The van der Waals surface area contributed by atoms with Crippen molar-refractivity contribution in [1.82, 2.24) is 10.3 Å². The lowest BCUT2D eigenvalue weighted by molar-refractivity contribution is -0.00293. The molecule has 1 heterocycles. The molecule has 4 nitrogen and oxygen atoms in total. The number of pyridine rings is 1. The molecule has 0 saturated heterocycles. The number of nitrogens with zero attached hydrogens (tertiary/aromatic N) is 1. The fourth-order valence-corrected chi connectivity index (χ4v) is 2.55. The summed E-state index contributed by atoms with van der Waals surface area (Å²) in [6.07, 6.45) is 6.41. The summed E-state index contributed by atoms with van der Waals surface area (Å²) in [4.78, 5) is 15.2. The summed E-state index contributed by atoms with van der Waals surface area (Å²) in [6, 6.07) is 2.61. The lowest BCUT2D eigenvalue weighted by Gasteiger charge is -2.28. The van der Waals surface area contributed by atoms with Gasteiger partial charge in [0.25, 0.3) is 5.91 Å². The van der Waals surface area contributed by atoms with Crippen molar-refractivity contribution in [2.45, 2.75) is 38.7 Å². The van der Waals surface area contributed by atoms with Gasteiger partial charge < -0.3 is 10.1 Å². The van der Waals surface area contributed by atoms with Crippen LogP contribution in [0.2, 0.25) is 0 Å². The third kappa shape index (κ3) is 4.27. The molecule has 2 rings (SSSR count). The highest BCUT2D eigenvalue weighted by Crippen LogP contribution is 2.25. The number of amides is 1. The van der Waals surface area contributed by atoms with Gasteiger partial charge in [-0.2, -0.15) is 4.39 Å². The van der Waals surface area contributed by atoms with Gasteiger partial charge >= 0.3 is 0 Å². The second-order valence-electron chi connectivity index (χ2n) is 5.29. The topological polar surface area (TPSA) is 51.2 Å².